The van der Waals surface area contributed by atoms with Crippen molar-refractivity contribution in [1.29, 1.82) is 0 Å². The van der Waals surface area contributed by atoms with E-state index < -0.39 is 29.8 Å². The quantitative estimate of drug-likeness (QED) is 0.0760. The Morgan fingerprint density at radius 2 is 1.07 bits per heavy atom. The molecule has 0 amide bonds. The number of hydrogen-bond acceptors (Lipinski definition) is 14. The van der Waals surface area contributed by atoms with Crippen LogP contribution in [0.15, 0.2) is 137 Å². The number of rotatable bonds is 13. The van der Waals surface area contributed by atoms with Crippen LogP contribution in [0.25, 0.3) is 16.7 Å². The topological polar surface area (TPSA) is 212 Å². The molecule has 373 valence electrons. The zero-order valence-corrected chi connectivity index (χ0v) is 42.2. The van der Waals surface area contributed by atoms with Gasteiger partial charge in [-0.15, -0.1) is 0 Å². The number of allylic oxidation sites excluding steroid dienone is 4. The number of carbonyl (C=O) groups excluding carboxylic acids is 4. The fraction of sp³-hybridized carbons (Fsp3) is 0.179. The van der Waals surface area contributed by atoms with E-state index in [2.05, 4.69) is 9.97 Å². The Morgan fingerprint density at radius 1 is 0.575 bits per heavy atom. The Labute approximate surface area is 430 Å². The summed E-state index contributed by atoms with van der Waals surface area (Å²) in [6, 6.07) is 27.2. The molecule has 0 saturated carbocycles. The monoisotopic (exact) mass is 1020 g/mol. The molecule has 6 aromatic rings. The van der Waals surface area contributed by atoms with Crippen LogP contribution in [0.3, 0.4) is 0 Å². The number of fused-ring (bicyclic) bond motifs is 5. The number of nitrogens with zero attached hydrogens (tertiary/aromatic N) is 2. The van der Waals surface area contributed by atoms with Gasteiger partial charge in [-0.1, -0.05) is 18.2 Å². The number of aliphatic imine (C=N–C) groups is 2. The van der Waals surface area contributed by atoms with Crippen LogP contribution < -0.4 is 34.8 Å². The van der Waals surface area contributed by atoms with Crippen LogP contribution in [0.2, 0.25) is 0 Å². The van der Waals surface area contributed by atoms with Crippen LogP contribution in [0, 0.1) is 0 Å². The summed E-state index contributed by atoms with van der Waals surface area (Å²) in [6.07, 6.45) is 7.44. The second-order valence-electron chi connectivity index (χ2n) is 16.2. The van der Waals surface area contributed by atoms with E-state index >= 15 is 0 Å². The first-order valence-corrected chi connectivity index (χ1v) is 22.4. The van der Waals surface area contributed by atoms with Gasteiger partial charge in [0.05, 0.1) is 96.1 Å². The number of ether oxygens (including phenoxy) is 7. The Kier molecular flexibility index (Phi) is 16.2. The Hall–Kier alpha value is -8.66. The van der Waals surface area contributed by atoms with Gasteiger partial charge in [0.2, 0.25) is 0 Å². The molecule has 2 aromatic heterocycles. The molecular formula is C56H49MnN4O12-. The number of aromatic amines is 2. The molecule has 6 bridgehead atoms. The first kappa shape index (κ1) is 52.2. The zero-order chi connectivity index (χ0) is 51.2. The molecule has 0 saturated heterocycles. The van der Waals surface area contributed by atoms with Gasteiger partial charge in [0.15, 0.2) is 0 Å². The third-order valence-electron chi connectivity index (χ3n) is 12.3. The molecule has 0 spiro atoms. The minimum Gasteiger partial charge on any atom is -0.545 e. The van der Waals surface area contributed by atoms with Crippen molar-refractivity contribution in [3.05, 3.63) is 194 Å². The van der Waals surface area contributed by atoms with Crippen LogP contribution in [0.1, 0.15) is 87.9 Å². The van der Waals surface area contributed by atoms with E-state index in [1.807, 2.05) is 55.5 Å². The second kappa shape index (κ2) is 22.6. The van der Waals surface area contributed by atoms with Gasteiger partial charge in [0, 0.05) is 89.6 Å². The molecule has 2 N–H and O–H groups in total. The molecular weight excluding hydrogens is 976 g/mol. The van der Waals surface area contributed by atoms with E-state index in [1.165, 1.54) is 61.9 Å². The molecule has 2 aliphatic heterocycles. The van der Waals surface area contributed by atoms with Crippen molar-refractivity contribution in [3.63, 3.8) is 0 Å². The SMILES string of the molecule is C/C=C\C1=NCC(c2ccc(C(=O)OC)cc2OC)c2ccc([nH]2)/C(c2ccc(C(=O)[O-])cc2OC)=C2/C=CC(=N2)/C(c2ccc(C(=O)OC)cc2OC)=c2/cc/c([nH]2)=C/1c1ccc(C(=O)OC)cc1OC.[Mn]. The average molecular weight is 1020 g/mol. The maximum atomic E-state index is 12.8. The molecule has 17 heteroatoms. The minimum atomic E-state index is -1.37. The zero-order valence-electron chi connectivity index (χ0n) is 41.0. The van der Waals surface area contributed by atoms with Crippen LogP contribution in [-0.4, -0.2) is 102 Å². The van der Waals surface area contributed by atoms with Crippen molar-refractivity contribution < 1.29 is 74.5 Å². The Bertz CT molecular complexity index is 3470. The summed E-state index contributed by atoms with van der Waals surface area (Å²) in [4.78, 5) is 68.5. The van der Waals surface area contributed by atoms with E-state index in [4.69, 9.17) is 43.1 Å². The van der Waals surface area contributed by atoms with Gasteiger partial charge in [-0.2, -0.15) is 0 Å². The smallest absolute Gasteiger partial charge is 0.337 e. The number of benzene rings is 4. The molecule has 0 fully saturated rings. The van der Waals surface area contributed by atoms with Crippen molar-refractivity contribution >= 4 is 52.0 Å². The molecule has 73 heavy (non-hydrogen) atoms. The molecule has 1 atom stereocenters. The van der Waals surface area contributed by atoms with Crippen molar-refractivity contribution in [1.82, 2.24) is 9.97 Å². The van der Waals surface area contributed by atoms with E-state index in [1.54, 1.807) is 60.7 Å². The van der Waals surface area contributed by atoms with Gasteiger partial charge in [-0.25, -0.2) is 19.4 Å². The number of carboxylic acids is 1. The van der Waals surface area contributed by atoms with Gasteiger partial charge >= 0.3 is 17.9 Å². The molecule has 4 heterocycles. The molecule has 4 aromatic carbocycles. The molecule has 16 nitrogen and oxygen atoms in total. The van der Waals surface area contributed by atoms with Gasteiger partial charge < -0.3 is 53.0 Å². The Morgan fingerprint density at radius 3 is 1.60 bits per heavy atom. The maximum Gasteiger partial charge on any atom is 0.337 e. The van der Waals surface area contributed by atoms with Crippen LogP contribution in [0.4, 0.5) is 0 Å². The van der Waals surface area contributed by atoms with E-state index in [0.717, 1.165) is 0 Å². The van der Waals surface area contributed by atoms with E-state index in [0.29, 0.717) is 95.4 Å². The Balaban J connectivity index is 0.00000780. The number of carbonyl (C=O) groups is 4. The number of esters is 3. The number of carboxylic acid groups (broad SMARTS) is 1. The molecule has 1 radical (unpaired) electrons. The summed E-state index contributed by atoms with van der Waals surface area (Å²) in [5, 5.41) is 13.3. The molecule has 8 rings (SSSR count). The fourth-order valence-electron chi connectivity index (χ4n) is 8.83. The number of aromatic nitrogens is 2. The van der Waals surface area contributed by atoms with Crippen molar-refractivity contribution in [2.24, 2.45) is 9.98 Å². The van der Waals surface area contributed by atoms with Crippen molar-refractivity contribution in [2.75, 3.05) is 56.3 Å². The van der Waals surface area contributed by atoms with E-state index in [9.17, 15) is 24.3 Å². The summed E-state index contributed by atoms with van der Waals surface area (Å²) in [5.74, 6) is -2.22. The molecule has 1 unspecified atom stereocenters. The van der Waals surface area contributed by atoms with Crippen molar-refractivity contribution in [2.45, 2.75) is 12.8 Å². The summed E-state index contributed by atoms with van der Waals surface area (Å²) >= 11 is 0. The minimum absolute atomic E-state index is 0. The van der Waals surface area contributed by atoms with Crippen molar-refractivity contribution in [3.8, 4) is 23.0 Å². The number of hydrogen-bond donors (Lipinski definition) is 2. The summed E-state index contributed by atoms with van der Waals surface area (Å²) in [6.45, 7) is 1.98. The first-order chi connectivity index (χ1) is 34.9. The van der Waals surface area contributed by atoms with Gasteiger partial charge in [0.1, 0.15) is 23.0 Å². The average Bonchev–Trinajstić information content (AvgIpc) is 4.21. The standard InChI is InChI=1S/C56H50N4O12.Mn/c1-9-10-40-50(35-17-13-32(55(64)71-7)27-48(35)68-4)41-21-22-44(59-41)52(37-18-14-33(56(65)72-8)28-49(37)69-5)45-24-23-43(60-45)51(36-16-11-30(53(61)62)25-47(36)67-3)42-20-19-39(58-42)38(29-57-40)34-15-12-31(54(63)70-6)26-46(34)66-2;/h9-28,38,58-59H,29H2,1-8H3,(H,61,62);/p-1/b10-9-,50-41-,51-43-,52-44-,57-40?;. The number of methoxy groups -OCH3 is 7. The maximum absolute atomic E-state index is 12.8. The summed E-state index contributed by atoms with van der Waals surface area (Å²) in [7, 11) is 9.90. The van der Waals surface area contributed by atoms with Gasteiger partial charge in [0.25, 0.3) is 0 Å². The normalized spacial score (nSPS) is 16.7. The predicted octanol–water partition coefficient (Wildman–Crippen LogP) is 6.13. The fourth-order valence-corrected chi connectivity index (χ4v) is 8.83. The molecule has 0 aliphatic carbocycles. The summed E-state index contributed by atoms with van der Waals surface area (Å²) in [5.41, 5.74) is 7.59. The second-order valence-corrected chi connectivity index (χ2v) is 16.2. The third-order valence-corrected chi connectivity index (χ3v) is 12.3. The molecule has 2 aliphatic rings. The number of H-pyrrole nitrogens is 2. The predicted molar refractivity (Wildman–Crippen MR) is 268 cm³/mol. The first-order valence-electron chi connectivity index (χ1n) is 22.4. The van der Waals surface area contributed by atoms with Crippen LogP contribution in [-0.2, 0) is 31.3 Å². The number of aromatic carboxylic acids is 1. The summed E-state index contributed by atoms with van der Waals surface area (Å²) < 4.78 is 38.9. The van der Waals surface area contributed by atoms with Crippen LogP contribution >= 0.6 is 0 Å². The van der Waals surface area contributed by atoms with Crippen LogP contribution in [0.5, 0.6) is 23.0 Å². The largest absolute Gasteiger partial charge is 0.545 e. The number of nitrogens with one attached hydrogen (secondary N) is 2. The van der Waals surface area contributed by atoms with Gasteiger partial charge in [-0.3, -0.25) is 4.99 Å². The third kappa shape index (κ3) is 10.3. The van der Waals surface area contributed by atoms with E-state index in [-0.39, 0.29) is 51.6 Å². The van der Waals surface area contributed by atoms with Gasteiger partial charge in [-0.05, 0) is 110 Å².